The summed E-state index contributed by atoms with van der Waals surface area (Å²) in [5.74, 6) is -1.27. The molecule has 0 unspecified atom stereocenters. The van der Waals surface area contributed by atoms with Gasteiger partial charge in [0.15, 0.2) is 5.69 Å². The number of ether oxygens (including phenoxy) is 1. The van der Waals surface area contributed by atoms with Gasteiger partial charge in [-0.25, -0.2) is 4.98 Å². The molecule has 116 valence electrons. The van der Waals surface area contributed by atoms with E-state index in [0.29, 0.717) is 12.2 Å². The first-order valence-electron chi connectivity index (χ1n) is 7.14. The fraction of sp³-hybridized carbons (Fsp3) is 0.533. The third-order valence-corrected chi connectivity index (χ3v) is 3.00. The number of carbonyl (C=O) groups is 2. The monoisotopic (exact) mass is 294 g/mol. The number of aromatic nitrogens is 1. The minimum Gasteiger partial charge on any atom is -0.505 e. The van der Waals surface area contributed by atoms with Crippen LogP contribution >= 0.6 is 0 Å². The van der Waals surface area contributed by atoms with E-state index in [4.69, 9.17) is 4.74 Å². The molecule has 0 saturated heterocycles. The normalized spacial score (nSPS) is 10.2. The van der Waals surface area contributed by atoms with Gasteiger partial charge in [0, 0.05) is 6.20 Å². The number of aromatic hydroxyl groups is 1. The molecule has 1 aromatic heterocycles. The molecule has 0 aromatic carbocycles. The minimum absolute atomic E-state index is 0.0919. The van der Waals surface area contributed by atoms with Crippen LogP contribution in [0.1, 0.15) is 48.7 Å². The van der Waals surface area contributed by atoms with E-state index in [9.17, 15) is 14.7 Å². The van der Waals surface area contributed by atoms with E-state index in [-0.39, 0.29) is 18.0 Å². The molecule has 1 heterocycles. The molecule has 0 atom stereocenters. The molecule has 0 aliphatic carbocycles. The van der Waals surface area contributed by atoms with Gasteiger partial charge in [0.2, 0.25) is 0 Å². The van der Waals surface area contributed by atoms with Crippen molar-refractivity contribution >= 4 is 11.9 Å². The van der Waals surface area contributed by atoms with Crippen LogP contribution in [0.3, 0.4) is 0 Å². The van der Waals surface area contributed by atoms with E-state index < -0.39 is 11.9 Å². The molecule has 6 heteroatoms. The van der Waals surface area contributed by atoms with Crippen LogP contribution in [0.4, 0.5) is 0 Å². The lowest BCUT2D eigenvalue weighted by molar-refractivity contribution is -0.142. The lowest BCUT2D eigenvalue weighted by atomic mass is 10.2. The summed E-state index contributed by atoms with van der Waals surface area (Å²) in [6.07, 6.45) is 5.52. The highest BCUT2D eigenvalue weighted by Crippen LogP contribution is 2.18. The van der Waals surface area contributed by atoms with Crippen molar-refractivity contribution < 1.29 is 19.4 Å². The maximum atomic E-state index is 11.8. The average molecular weight is 294 g/mol. The number of nitrogens with one attached hydrogen (secondary N) is 1. The Morgan fingerprint density at radius 3 is 2.81 bits per heavy atom. The van der Waals surface area contributed by atoms with Crippen LogP contribution in [-0.2, 0) is 9.53 Å². The van der Waals surface area contributed by atoms with Crippen molar-refractivity contribution in [3.05, 3.63) is 23.5 Å². The van der Waals surface area contributed by atoms with Gasteiger partial charge in [0.05, 0.1) is 6.61 Å². The fourth-order valence-corrected chi connectivity index (χ4v) is 1.72. The summed E-state index contributed by atoms with van der Waals surface area (Å²) in [7, 11) is 0. The van der Waals surface area contributed by atoms with Gasteiger partial charge in [-0.2, -0.15) is 0 Å². The predicted molar refractivity (Wildman–Crippen MR) is 78.1 cm³/mol. The summed E-state index contributed by atoms with van der Waals surface area (Å²) in [4.78, 5) is 27.0. The lowest BCUT2D eigenvalue weighted by Crippen LogP contribution is -2.31. The first-order valence-corrected chi connectivity index (χ1v) is 7.14. The van der Waals surface area contributed by atoms with Crippen LogP contribution in [0.5, 0.6) is 5.75 Å². The van der Waals surface area contributed by atoms with Crippen molar-refractivity contribution in [2.45, 2.75) is 39.5 Å². The van der Waals surface area contributed by atoms with Crippen LogP contribution in [0.25, 0.3) is 0 Å². The second-order valence-corrected chi connectivity index (χ2v) is 4.79. The van der Waals surface area contributed by atoms with E-state index >= 15 is 0 Å². The summed E-state index contributed by atoms with van der Waals surface area (Å²) in [6.45, 7) is 3.90. The highest BCUT2D eigenvalue weighted by Gasteiger charge is 2.15. The van der Waals surface area contributed by atoms with Gasteiger partial charge in [-0.3, -0.25) is 9.59 Å². The quantitative estimate of drug-likeness (QED) is 0.565. The number of amides is 1. The first-order chi connectivity index (χ1) is 10.1. The number of rotatable bonds is 8. The third kappa shape index (κ3) is 5.81. The first kappa shape index (κ1) is 16.9. The van der Waals surface area contributed by atoms with Gasteiger partial charge in [-0.05, 0) is 25.0 Å². The van der Waals surface area contributed by atoms with Gasteiger partial charge >= 0.3 is 5.97 Å². The van der Waals surface area contributed by atoms with Gasteiger partial charge in [0.25, 0.3) is 5.91 Å². The molecule has 0 aliphatic heterocycles. The van der Waals surface area contributed by atoms with Crippen molar-refractivity contribution in [3.63, 3.8) is 0 Å². The smallest absolute Gasteiger partial charge is 0.325 e. The Balaban J connectivity index is 2.32. The Morgan fingerprint density at radius 2 is 2.10 bits per heavy atom. The summed E-state index contributed by atoms with van der Waals surface area (Å²) in [5.41, 5.74) is 0.458. The number of hydrogen-bond donors (Lipinski definition) is 2. The van der Waals surface area contributed by atoms with Gasteiger partial charge < -0.3 is 15.2 Å². The highest BCUT2D eigenvalue weighted by molar-refractivity contribution is 5.96. The van der Waals surface area contributed by atoms with Gasteiger partial charge in [-0.15, -0.1) is 0 Å². The topological polar surface area (TPSA) is 88.5 Å². The molecular formula is C15H22N2O4. The van der Waals surface area contributed by atoms with Crippen molar-refractivity contribution in [2.24, 2.45) is 0 Å². The molecule has 0 fully saturated rings. The Morgan fingerprint density at radius 1 is 1.33 bits per heavy atom. The molecule has 1 rings (SSSR count). The van der Waals surface area contributed by atoms with E-state index in [1.165, 1.54) is 6.20 Å². The summed E-state index contributed by atoms with van der Waals surface area (Å²) in [5, 5.41) is 12.1. The zero-order valence-corrected chi connectivity index (χ0v) is 12.5. The van der Waals surface area contributed by atoms with Crippen LogP contribution < -0.4 is 5.32 Å². The number of unbranched alkanes of at least 4 members (excludes halogenated alkanes) is 3. The van der Waals surface area contributed by atoms with Crippen LogP contribution in [0.2, 0.25) is 0 Å². The lowest BCUT2D eigenvalue weighted by Gasteiger charge is -2.08. The number of hydrogen-bond acceptors (Lipinski definition) is 5. The minimum atomic E-state index is -0.598. The van der Waals surface area contributed by atoms with E-state index in [1.807, 2.05) is 0 Å². The molecule has 21 heavy (non-hydrogen) atoms. The number of pyridine rings is 1. The van der Waals surface area contributed by atoms with E-state index in [2.05, 4.69) is 17.2 Å². The fourth-order valence-electron chi connectivity index (χ4n) is 1.72. The molecule has 0 saturated carbocycles. The molecule has 0 radical (unpaired) electrons. The van der Waals surface area contributed by atoms with Crippen molar-refractivity contribution in [1.29, 1.82) is 0 Å². The molecule has 1 amide bonds. The van der Waals surface area contributed by atoms with E-state index in [1.54, 1.807) is 13.0 Å². The maximum absolute atomic E-state index is 11.8. The predicted octanol–water partition coefficient (Wildman–Crippen LogP) is 1.95. The SMILES string of the molecule is CCCCCCOC(=O)CNC(=O)c1nccc(C)c1O. The Labute approximate surface area is 124 Å². The molecule has 1 aromatic rings. The van der Waals surface area contributed by atoms with Crippen LogP contribution in [0.15, 0.2) is 12.3 Å². The molecule has 2 N–H and O–H groups in total. The number of esters is 1. The highest BCUT2D eigenvalue weighted by atomic mass is 16.5. The average Bonchev–Trinajstić information content (AvgIpc) is 2.47. The second kappa shape index (κ2) is 8.94. The molecule has 6 nitrogen and oxygen atoms in total. The number of carbonyl (C=O) groups excluding carboxylic acids is 2. The Kier molecular flexibility index (Phi) is 7.21. The maximum Gasteiger partial charge on any atom is 0.325 e. The summed E-state index contributed by atoms with van der Waals surface area (Å²) in [6, 6.07) is 1.59. The largest absolute Gasteiger partial charge is 0.505 e. The number of nitrogens with zero attached hydrogens (tertiary/aromatic N) is 1. The summed E-state index contributed by atoms with van der Waals surface area (Å²) < 4.78 is 4.99. The molecule has 0 bridgehead atoms. The zero-order chi connectivity index (χ0) is 15.7. The van der Waals surface area contributed by atoms with Gasteiger partial charge in [-0.1, -0.05) is 26.2 Å². The molecule has 0 spiro atoms. The Hall–Kier alpha value is -2.11. The number of aryl methyl sites for hydroxylation is 1. The van der Waals surface area contributed by atoms with Crippen LogP contribution in [-0.4, -0.2) is 35.1 Å². The summed E-state index contributed by atoms with van der Waals surface area (Å²) >= 11 is 0. The van der Waals surface area contributed by atoms with Crippen molar-refractivity contribution in [3.8, 4) is 5.75 Å². The second-order valence-electron chi connectivity index (χ2n) is 4.79. The molecule has 0 aliphatic rings. The van der Waals surface area contributed by atoms with E-state index in [0.717, 1.165) is 25.7 Å². The van der Waals surface area contributed by atoms with Gasteiger partial charge in [0.1, 0.15) is 12.3 Å². The Bertz CT molecular complexity index is 489. The molecular weight excluding hydrogens is 272 g/mol. The zero-order valence-electron chi connectivity index (χ0n) is 12.5. The van der Waals surface area contributed by atoms with Crippen LogP contribution in [0, 0.1) is 6.92 Å². The van der Waals surface area contributed by atoms with Crippen molar-refractivity contribution in [1.82, 2.24) is 10.3 Å². The third-order valence-electron chi connectivity index (χ3n) is 3.00. The standard InChI is InChI=1S/C15H22N2O4/c1-3-4-5-6-9-21-12(18)10-17-15(20)13-14(19)11(2)7-8-16-13/h7-8,19H,3-6,9-10H2,1-2H3,(H,17,20). The van der Waals surface area contributed by atoms with Crippen molar-refractivity contribution in [2.75, 3.05) is 13.2 Å².